The van der Waals surface area contributed by atoms with Crippen LogP contribution in [0.15, 0.2) is 47.8 Å². The highest BCUT2D eigenvalue weighted by Gasteiger charge is 2.23. The molecule has 2 atom stereocenters. The maximum absolute atomic E-state index is 12.4. The average molecular weight is 360 g/mol. The number of carbonyl (C=O) groups excluding carboxylic acids is 3. The first-order valence-electron chi connectivity index (χ1n) is 7.77. The normalized spacial score (nSPS) is 12.7. The molecule has 6 nitrogen and oxygen atoms in total. The number of esters is 1. The molecule has 0 saturated heterocycles. The molecule has 7 heteroatoms. The number of amides is 2. The molecular weight excluding hydrogens is 340 g/mol. The summed E-state index contributed by atoms with van der Waals surface area (Å²) in [4.78, 5) is 36.6. The van der Waals surface area contributed by atoms with Gasteiger partial charge in [-0.3, -0.25) is 14.4 Å². The van der Waals surface area contributed by atoms with Crippen molar-refractivity contribution in [3.8, 4) is 0 Å². The fourth-order valence-corrected chi connectivity index (χ4v) is 2.85. The summed E-state index contributed by atoms with van der Waals surface area (Å²) in [6.07, 6.45) is 0.0118. The van der Waals surface area contributed by atoms with Gasteiger partial charge in [-0.15, -0.1) is 11.3 Å². The van der Waals surface area contributed by atoms with Crippen LogP contribution in [0.1, 0.15) is 34.6 Å². The molecule has 0 saturated carbocycles. The number of rotatable bonds is 7. The average Bonchev–Trinajstić information content (AvgIpc) is 3.16. The summed E-state index contributed by atoms with van der Waals surface area (Å²) in [5.74, 6) is -1.10. The maximum atomic E-state index is 12.4. The zero-order chi connectivity index (χ0) is 18.2. The molecule has 25 heavy (non-hydrogen) atoms. The Morgan fingerprint density at radius 2 is 1.80 bits per heavy atom. The fraction of sp³-hybridized carbons (Fsp3) is 0.278. The Balaban J connectivity index is 2.02. The van der Waals surface area contributed by atoms with Crippen molar-refractivity contribution in [3.63, 3.8) is 0 Å². The Labute approximate surface area is 150 Å². The Morgan fingerprint density at radius 3 is 2.40 bits per heavy atom. The van der Waals surface area contributed by atoms with Crippen LogP contribution in [-0.4, -0.2) is 30.9 Å². The lowest BCUT2D eigenvalue weighted by molar-refractivity contribution is -0.141. The lowest BCUT2D eigenvalue weighted by Gasteiger charge is -2.21. The minimum atomic E-state index is -0.738. The summed E-state index contributed by atoms with van der Waals surface area (Å²) >= 11 is 1.30. The van der Waals surface area contributed by atoms with E-state index in [9.17, 15) is 14.4 Å². The Kier molecular flexibility index (Phi) is 6.71. The van der Waals surface area contributed by atoms with Gasteiger partial charge < -0.3 is 15.4 Å². The fourth-order valence-electron chi connectivity index (χ4n) is 2.23. The van der Waals surface area contributed by atoms with Crippen molar-refractivity contribution in [2.24, 2.45) is 0 Å². The van der Waals surface area contributed by atoms with Gasteiger partial charge in [0.15, 0.2) is 0 Å². The highest BCUT2D eigenvalue weighted by atomic mass is 32.1. The van der Waals surface area contributed by atoms with E-state index >= 15 is 0 Å². The van der Waals surface area contributed by atoms with Crippen molar-refractivity contribution in [1.29, 1.82) is 0 Å². The second kappa shape index (κ2) is 8.98. The van der Waals surface area contributed by atoms with Crippen LogP contribution in [0.3, 0.4) is 0 Å². The number of hydrogen-bond donors (Lipinski definition) is 2. The Morgan fingerprint density at radius 1 is 1.08 bits per heavy atom. The van der Waals surface area contributed by atoms with E-state index in [1.165, 1.54) is 18.4 Å². The van der Waals surface area contributed by atoms with E-state index in [2.05, 4.69) is 10.6 Å². The van der Waals surface area contributed by atoms with Gasteiger partial charge in [-0.1, -0.05) is 36.4 Å². The largest absolute Gasteiger partial charge is 0.469 e. The van der Waals surface area contributed by atoms with Gasteiger partial charge in [-0.2, -0.15) is 0 Å². The van der Waals surface area contributed by atoms with Crippen molar-refractivity contribution in [2.45, 2.75) is 25.4 Å². The van der Waals surface area contributed by atoms with E-state index in [1.54, 1.807) is 24.4 Å². The number of nitrogens with one attached hydrogen (secondary N) is 2. The van der Waals surface area contributed by atoms with Gasteiger partial charge in [-0.25, -0.2) is 0 Å². The van der Waals surface area contributed by atoms with Crippen LogP contribution in [0.5, 0.6) is 0 Å². The Bertz CT molecular complexity index is 716. The SMILES string of the molecule is COC(=O)C[C@H](NC(=O)[C@H](C)NC(=O)c1cccs1)c1ccccc1. The molecule has 0 fully saturated rings. The number of thiophene rings is 1. The van der Waals surface area contributed by atoms with Crippen LogP contribution in [0.4, 0.5) is 0 Å². The summed E-state index contributed by atoms with van der Waals surface area (Å²) < 4.78 is 4.70. The molecule has 1 aromatic heterocycles. The Hall–Kier alpha value is -2.67. The van der Waals surface area contributed by atoms with Gasteiger partial charge >= 0.3 is 5.97 Å². The quantitative estimate of drug-likeness (QED) is 0.742. The molecule has 2 N–H and O–H groups in total. The van der Waals surface area contributed by atoms with E-state index in [1.807, 2.05) is 30.3 Å². The smallest absolute Gasteiger partial charge is 0.307 e. The van der Waals surface area contributed by atoms with Gasteiger partial charge in [0.25, 0.3) is 5.91 Å². The highest BCUT2D eigenvalue weighted by Crippen LogP contribution is 2.17. The number of methoxy groups -OCH3 is 1. The first-order valence-corrected chi connectivity index (χ1v) is 8.65. The second-order valence-corrected chi connectivity index (χ2v) is 6.37. The lowest BCUT2D eigenvalue weighted by Crippen LogP contribution is -2.46. The van der Waals surface area contributed by atoms with Gasteiger partial charge in [0.2, 0.25) is 5.91 Å². The predicted molar refractivity (Wildman–Crippen MR) is 95.2 cm³/mol. The summed E-state index contributed by atoms with van der Waals surface area (Å²) in [5, 5.41) is 7.24. The molecule has 2 rings (SSSR count). The van der Waals surface area contributed by atoms with E-state index in [4.69, 9.17) is 4.74 Å². The van der Waals surface area contributed by atoms with Crippen molar-refractivity contribution >= 4 is 29.1 Å². The molecule has 132 valence electrons. The minimum absolute atomic E-state index is 0.0118. The van der Waals surface area contributed by atoms with Crippen molar-refractivity contribution in [3.05, 3.63) is 58.3 Å². The first-order chi connectivity index (χ1) is 12.0. The number of carbonyl (C=O) groups is 3. The lowest BCUT2D eigenvalue weighted by atomic mass is 10.0. The standard InChI is InChI=1S/C18H20N2O4S/c1-12(19-18(23)15-9-6-10-25-15)17(22)20-14(11-16(21)24-2)13-7-4-3-5-8-13/h3-10,12,14H,11H2,1-2H3,(H,19,23)(H,20,22)/t12-,14-/m0/s1. The zero-order valence-electron chi connectivity index (χ0n) is 14.0. The third kappa shape index (κ3) is 5.42. The summed E-state index contributed by atoms with van der Waals surface area (Å²) in [6, 6.07) is 11.3. The van der Waals surface area contributed by atoms with E-state index in [-0.39, 0.29) is 18.2 Å². The number of hydrogen-bond acceptors (Lipinski definition) is 5. The van der Waals surface area contributed by atoms with E-state index < -0.39 is 18.1 Å². The van der Waals surface area contributed by atoms with Crippen LogP contribution >= 0.6 is 11.3 Å². The van der Waals surface area contributed by atoms with Crippen LogP contribution in [0.2, 0.25) is 0 Å². The zero-order valence-corrected chi connectivity index (χ0v) is 14.8. The topological polar surface area (TPSA) is 84.5 Å². The van der Waals surface area contributed by atoms with Gasteiger partial charge in [0.1, 0.15) is 6.04 Å². The van der Waals surface area contributed by atoms with Crippen molar-refractivity contribution < 1.29 is 19.1 Å². The predicted octanol–water partition coefficient (Wildman–Crippen LogP) is 2.29. The second-order valence-electron chi connectivity index (χ2n) is 5.42. The van der Waals surface area contributed by atoms with Crippen molar-refractivity contribution in [1.82, 2.24) is 10.6 Å². The highest BCUT2D eigenvalue weighted by molar-refractivity contribution is 7.12. The molecule has 0 spiro atoms. The molecule has 0 unspecified atom stereocenters. The summed E-state index contributed by atoms with van der Waals surface area (Å²) in [5.41, 5.74) is 0.790. The molecule has 0 aliphatic rings. The third-order valence-corrected chi connectivity index (χ3v) is 4.47. The van der Waals surface area contributed by atoms with Crippen LogP contribution < -0.4 is 10.6 Å². The molecule has 1 heterocycles. The molecule has 2 aromatic rings. The molecule has 0 radical (unpaired) electrons. The molecular formula is C18H20N2O4S. The monoisotopic (exact) mass is 360 g/mol. The molecule has 0 aliphatic heterocycles. The van der Waals surface area contributed by atoms with Crippen LogP contribution in [-0.2, 0) is 14.3 Å². The maximum Gasteiger partial charge on any atom is 0.307 e. The van der Waals surface area contributed by atoms with E-state index in [0.717, 1.165) is 5.56 Å². The molecule has 1 aromatic carbocycles. The molecule has 0 bridgehead atoms. The van der Waals surface area contributed by atoms with Crippen molar-refractivity contribution in [2.75, 3.05) is 7.11 Å². The van der Waals surface area contributed by atoms with Gasteiger partial charge in [0.05, 0.1) is 24.4 Å². The number of benzene rings is 1. The summed E-state index contributed by atoms with van der Waals surface area (Å²) in [6.45, 7) is 1.60. The minimum Gasteiger partial charge on any atom is -0.469 e. The van der Waals surface area contributed by atoms with Gasteiger partial charge in [-0.05, 0) is 23.9 Å². The number of ether oxygens (including phenoxy) is 1. The first kappa shape index (κ1) is 18.7. The van der Waals surface area contributed by atoms with E-state index in [0.29, 0.717) is 4.88 Å². The summed E-state index contributed by atoms with van der Waals surface area (Å²) in [7, 11) is 1.30. The molecule has 0 aliphatic carbocycles. The van der Waals surface area contributed by atoms with Gasteiger partial charge in [0, 0.05) is 0 Å². The van der Waals surface area contributed by atoms with Crippen LogP contribution in [0, 0.1) is 0 Å². The third-order valence-electron chi connectivity index (χ3n) is 3.60. The molecule has 2 amide bonds. The van der Waals surface area contributed by atoms with Crippen LogP contribution in [0.25, 0.3) is 0 Å².